The molecule has 0 spiro atoms. The summed E-state index contributed by atoms with van der Waals surface area (Å²) in [7, 11) is 0. The zero-order valence-electron chi connectivity index (χ0n) is 14.9. The zero-order valence-corrected chi connectivity index (χ0v) is 14.9. The number of rotatable bonds is 1. The molecule has 1 heterocycles. The number of hydrogen-bond acceptors (Lipinski definition) is 1. The van der Waals surface area contributed by atoms with Crippen LogP contribution in [-0.2, 0) is 0 Å². The molecular weight excluding hydrogens is 266 g/mol. The molecule has 0 radical (unpaired) electrons. The van der Waals surface area contributed by atoms with Gasteiger partial charge in [0, 0.05) is 33.9 Å². The first-order valence-electron chi connectivity index (χ1n) is 8.31. The van der Waals surface area contributed by atoms with Gasteiger partial charge in [-0.15, -0.1) is 0 Å². The molecule has 118 valence electrons. The van der Waals surface area contributed by atoms with E-state index in [4.69, 9.17) is 0 Å². The second kappa shape index (κ2) is 7.84. The lowest BCUT2D eigenvalue weighted by molar-refractivity contribution is 0.458. The Hall–Kier alpha value is -2.02. The standard InChI is InChI=1S/C17H17N.2C2H6/c1-11(2)18-12(3)15-9-5-7-14-8-6-10-16(13(18)4)17(14)15;2*1-2/h5-11H,3-4H2,1-2H3;2*1-2H3. The molecule has 22 heavy (non-hydrogen) atoms. The van der Waals surface area contributed by atoms with Crippen LogP contribution in [0.15, 0.2) is 49.6 Å². The van der Waals surface area contributed by atoms with Crippen molar-refractivity contribution in [3.05, 3.63) is 60.7 Å². The van der Waals surface area contributed by atoms with Crippen molar-refractivity contribution < 1.29 is 0 Å². The van der Waals surface area contributed by atoms with Crippen LogP contribution in [0.3, 0.4) is 0 Å². The molecule has 1 aliphatic heterocycles. The molecule has 1 heteroatoms. The van der Waals surface area contributed by atoms with Gasteiger partial charge in [0.15, 0.2) is 0 Å². The fourth-order valence-corrected chi connectivity index (χ4v) is 2.87. The van der Waals surface area contributed by atoms with Crippen LogP contribution >= 0.6 is 0 Å². The second-order valence-electron chi connectivity index (χ2n) is 5.07. The van der Waals surface area contributed by atoms with Gasteiger partial charge in [-0.25, -0.2) is 0 Å². The molecule has 2 aromatic carbocycles. The lowest BCUT2D eigenvalue weighted by atomic mass is 9.91. The van der Waals surface area contributed by atoms with Crippen molar-refractivity contribution in [3.8, 4) is 0 Å². The van der Waals surface area contributed by atoms with Gasteiger partial charge >= 0.3 is 0 Å². The number of hydrogen-bond donors (Lipinski definition) is 0. The second-order valence-corrected chi connectivity index (χ2v) is 5.07. The molecule has 0 bridgehead atoms. The van der Waals surface area contributed by atoms with Gasteiger partial charge in [-0.05, 0) is 19.2 Å². The third-order valence-corrected chi connectivity index (χ3v) is 3.62. The van der Waals surface area contributed by atoms with E-state index in [0.717, 1.165) is 11.4 Å². The Morgan fingerprint density at radius 1 is 0.773 bits per heavy atom. The number of nitrogens with zero attached hydrogens (tertiary/aromatic N) is 1. The first-order chi connectivity index (χ1) is 10.6. The van der Waals surface area contributed by atoms with E-state index in [1.807, 2.05) is 27.7 Å². The first-order valence-corrected chi connectivity index (χ1v) is 8.31. The Labute approximate surface area is 136 Å². The predicted molar refractivity (Wildman–Crippen MR) is 102 cm³/mol. The molecule has 1 nitrogen and oxygen atoms in total. The van der Waals surface area contributed by atoms with Gasteiger partial charge in [0.25, 0.3) is 0 Å². The minimum absolute atomic E-state index is 0.369. The van der Waals surface area contributed by atoms with E-state index < -0.39 is 0 Å². The SMILES string of the molecule is C=C1c2cccc3cccc(c23)C(=C)N1C(C)C.CC.CC. The summed E-state index contributed by atoms with van der Waals surface area (Å²) in [6.07, 6.45) is 0. The van der Waals surface area contributed by atoms with Gasteiger partial charge in [-0.3, -0.25) is 0 Å². The molecule has 1 aliphatic rings. The van der Waals surface area contributed by atoms with Gasteiger partial charge < -0.3 is 4.90 Å². The largest absolute Gasteiger partial charge is 0.339 e. The smallest absolute Gasteiger partial charge is 0.0420 e. The fourth-order valence-electron chi connectivity index (χ4n) is 2.87. The van der Waals surface area contributed by atoms with Crippen molar-refractivity contribution in [1.29, 1.82) is 0 Å². The van der Waals surface area contributed by atoms with E-state index >= 15 is 0 Å². The maximum atomic E-state index is 4.26. The highest BCUT2D eigenvalue weighted by Gasteiger charge is 2.25. The molecule has 0 fully saturated rings. The summed E-state index contributed by atoms with van der Waals surface area (Å²) in [5.41, 5.74) is 4.56. The van der Waals surface area contributed by atoms with E-state index in [9.17, 15) is 0 Å². The van der Waals surface area contributed by atoms with Crippen LogP contribution in [0.5, 0.6) is 0 Å². The summed E-state index contributed by atoms with van der Waals surface area (Å²) in [5, 5.41) is 2.54. The minimum atomic E-state index is 0.369. The van der Waals surface area contributed by atoms with Crippen molar-refractivity contribution in [1.82, 2.24) is 4.90 Å². The van der Waals surface area contributed by atoms with Crippen molar-refractivity contribution in [2.45, 2.75) is 47.6 Å². The molecule has 2 aromatic rings. The Morgan fingerprint density at radius 3 is 1.55 bits per heavy atom. The monoisotopic (exact) mass is 295 g/mol. The normalized spacial score (nSPS) is 12.6. The molecule has 0 aliphatic carbocycles. The molecule has 0 saturated heterocycles. The lowest BCUT2D eigenvalue weighted by Gasteiger charge is -2.37. The van der Waals surface area contributed by atoms with Crippen LogP contribution < -0.4 is 0 Å². The zero-order chi connectivity index (χ0) is 16.9. The average Bonchev–Trinajstić information content (AvgIpc) is 2.56. The summed E-state index contributed by atoms with van der Waals surface area (Å²) in [6.45, 7) is 20.9. The molecule has 0 unspecified atom stereocenters. The summed E-state index contributed by atoms with van der Waals surface area (Å²) < 4.78 is 0. The van der Waals surface area contributed by atoms with E-state index in [-0.39, 0.29) is 0 Å². The highest BCUT2D eigenvalue weighted by Crippen LogP contribution is 2.41. The molecular formula is C21H29N. The summed E-state index contributed by atoms with van der Waals surface area (Å²) in [4.78, 5) is 2.22. The van der Waals surface area contributed by atoms with E-state index in [0.29, 0.717) is 6.04 Å². The molecule has 0 aromatic heterocycles. The van der Waals surface area contributed by atoms with Gasteiger partial charge in [-0.2, -0.15) is 0 Å². The highest BCUT2D eigenvalue weighted by atomic mass is 15.2. The van der Waals surface area contributed by atoms with Crippen molar-refractivity contribution in [3.63, 3.8) is 0 Å². The lowest BCUT2D eigenvalue weighted by Crippen LogP contribution is -2.29. The number of benzene rings is 2. The highest BCUT2D eigenvalue weighted by molar-refractivity contribution is 6.05. The predicted octanol–water partition coefficient (Wildman–Crippen LogP) is 6.56. The summed E-state index contributed by atoms with van der Waals surface area (Å²) in [6, 6.07) is 13.2. The van der Waals surface area contributed by atoms with Crippen LogP contribution in [0, 0.1) is 0 Å². The Balaban J connectivity index is 0.000000561. The summed E-state index contributed by atoms with van der Waals surface area (Å²) >= 11 is 0. The van der Waals surface area contributed by atoms with Crippen LogP contribution in [0.1, 0.15) is 52.7 Å². The van der Waals surface area contributed by atoms with Crippen LogP contribution in [0.2, 0.25) is 0 Å². The quantitative estimate of drug-likeness (QED) is 0.576. The Bertz CT molecular complexity index is 614. The first kappa shape index (κ1) is 18.0. The molecule has 0 N–H and O–H groups in total. The van der Waals surface area contributed by atoms with Crippen LogP contribution in [-0.4, -0.2) is 10.9 Å². The van der Waals surface area contributed by atoms with Crippen molar-refractivity contribution >= 4 is 22.2 Å². The van der Waals surface area contributed by atoms with E-state index in [2.05, 4.69) is 68.3 Å². The van der Waals surface area contributed by atoms with Gasteiger partial charge in [0.05, 0.1) is 0 Å². The van der Waals surface area contributed by atoms with Gasteiger partial charge in [0.2, 0.25) is 0 Å². The molecule has 0 amide bonds. The van der Waals surface area contributed by atoms with Crippen LogP contribution in [0.4, 0.5) is 0 Å². The van der Waals surface area contributed by atoms with E-state index in [1.165, 1.54) is 21.9 Å². The molecule has 0 saturated carbocycles. The fraction of sp³-hybridized carbons (Fsp3) is 0.333. The Kier molecular flexibility index (Phi) is 6.42. The topological polar surface area (TPSA) is 3.24 Å². The van der Waals surface area contributed by atoms with Gasteiger partial charge in [-0.1, -0.05) is 77.3 Å². The van der Waals surface area contributed by atoms with Crippen LogP contribution in [0.25, 0.3) is 22.2 Å². The average molecular weight is 295 g/mol. The third-order valence-electron chi connectivity index (χ3n) is 3.62. The van der Waals surface area contributed by atoms with Crippen molar-refractivity contribution in [2.75, 3.05) is 0 Å². The minimum Gasteiger partial charge on any atom is -0.339 e. The molecule has 3 rings (SSSR count). The summed E-state index contributed by atoms with van der Waals surface area (Å²) in [5.74, 6) is 0. The van der Waals surface area contributed by atoms with Gasteiger partial charge in [0.1, 0.15) is 0 Å². The maximum Gasteiger partial charge on any atom is 0.0420 e. The van der Waals surface area contributed by atoms with E-state index in [1.54, 1.807) is 0 Å². The molecule has 0 atom stereocenters. The van der Waals surface area contributed by atoms with Crippen molar-refractivity contribution in [2.24, 2.45) is 0 Å². The third kappa shape index (κ3) is 2.94. The Morgan fingerprint density at radius 2 is 1.18 bits per heavy atom. The maximum absolute atomic E-state index is 4.26.